The van der Waals surface area contributed by atoms with Gasteiger partial charge in [0.25, 0.3) is 0 Å². The Kier molecular flexibility index (Phi) is 3.42. The molecular weight excluding hydrogens is 285 g/mol. The molecular formula is C12H23IN-. The first-order valence-corrected chi connectivity index (χ1v) is 9.02. The van der Waals surface area contributed by atoms with Crippen LogP contribution in [0.2, 0.25) is 0 Å². The molecule has 1 aliphatic heterocycles. The Hall–Kier alpha value is 0.690. The Labute approximate surface area is 99.2 Å². The summed E-state index contributed by atoms with van der Waals surface area (Å²) >= 11 is 0.372. The van der Waals surface area contributed by atoms with Crippen LogP contribution in [0.15, 0.2) is 0 Å². The molecule has 1 nitrogen and oxygen atoms in total. The van der Waals surface area contributed by atoms with Gasteiger partial charge in [-0.2, -0.15) is 0 Å². The Balaban J connectivity index is 1.80. The Morgan fingerprint density at radius 3 is 2.21 bits per heavy atom. The van der Waals surface area contributed by atoms with Gasteiger partial charge in [0.15, 0.2) is 0 Å². The van der Waals surface area contributed by atoms with Crippen molar-refractivity contribution >= 4 is 0 Å². The van der Waals surface area contributed by atoms with E-state index in [9.17, 15) is 0 Å². The van der Waals surface area contributed by atoms with Crippen LogP contribution in [0.25, 0.3) is 0 Å². The first kappa shape index (κ1) is 11.2. The fraction of sp³-hybridized carbons (Fsp3) is 1.00. The van der Waals surface area contributed by atoms with Crippen LogP contribution in [0, 0.1) is 17.3 Å². The molecule has 2 heteroatoms. The topological polar surface area (TPSA) is 3.24 Å². The van der Waals surface area contributed by atoms with Gasteiger partial charge in [-0.15, -0.1) is 0 Å². The van der Waals surface area contributed by atoms with E-state index in [1.54, 1.807) is 12.8 Å². The van der Waals surface area contributed by atoms with Crippen molar-refractivity contribution < 1.29 is 21.5 Å². The first-order valence-electron chi connectivity index (χ1n) is 5.90. The molecule has 14 heavy (non-hydrogen) atoms. The summed E-state index contributed by atoms with van der Waals surface area (Å²) in [4.78, 5) is 2.40. The average Bonchev–Trinajstić information content (AvgIpc) is 2.14. The number of alkyl halides is 1. The van der Waals surface area contributed by atoms with Crippen LogP contribution < -0.4 is 21.5 Å². The van der Waals surface area contributed by atoms with E-state index < -0.39 is 0 Å². The summed E-state index contributed by atoms with van der Waals surface area (Å²) < 4.78 is 2.72. The van der Waals surface area contributed by atoms with Crippen molar-refractivity contribution in [2.24, 2.45) is 17.3 Å². The molecule has 0 N–H and O–H groups in total. The van der Waals surface area contributed by atoms with Gasteiger partial charge in [0.2, 0.25) is 0 Å². The maximum atomic E-state index is 2.72. The predicted molar refractivity (Wildman–Crippen MR) is 56.7 cm³/mol. The van der Waals surface area contributed by atoms with E-state index in [1.165, 1.54) is 25.9 Å². The minimum absolute atomic E-state index is 0.372. The summed E-state index contributed by atoms with van der Waals surface area (Å²) in [5.41, 5.74) is 0.810. The number of nitrogens with zero attached hydrogens (tertiary/aromatic N) is 1. The second-order valence-electron chi connectivity index (χ2n) is 5.49. The average molecular weight is 308 g/mol. The first-order chi connectivity index (χ1) is 6.65. The number of hydrogen-bond acceptors (Lipinski definition) is 1. The maximum absolute atomic E-state index is 2.72. The molecule has 1 spiro atoms. The zero-order chi connectivity index (χ0) is 10.2. The Bertz CT molecular complexity index is 186. The van der Waals surface area contributed by atoms with E-state index in [-0.39, 0.29) is 0 Å². The summed E-state index contributed by atoms with van der Waals surface area (Å²) in [6, 6.07) is 0. The van der Waals surface area contributed by atoms with Gasteiger partial charge in [-0.3, -0.25) is 0 Å². The van der Waals surface area contributed by atoms with E-state index >= 15 is 0 Å². The van der Waals surface area contributed by atoms with Crippen molar-refractivity contribution in [2.45, 2.75) is 39.5 Å². The molecule has 0 bridgehead atoms. The normalized spacial score (nSPS) is 28.6. The molecule has 0 atom stereocenters. The monoisotopic (exact) mass is 308 g/mol. The standard InChI is InChI=1S/C12H23IN/c1-10(2)11-8-12(9-11)4-6-14(13-3)7-5-12/h10-11H,4-9H2,1-3H3/q-1. The van der Waals surface area contributed by atoms with Crippen LogP contribution in [0.4, 0.5) is 0 Å². The SMILES string of the molecule is C[I-]N1CCC2(CC1)CC(C(C)C)C2. The van der Waals surface area contributed by atoms with Crippen LogP contribution in [-0.2, 0) is 0 Å². The molecule has 1 aliphatic carbocycles. The number of rotatable bonds is 2. The van der Waals surface area contributed by atoms with Gasteiger partial charge in [0.05, 0.1) is 0 Å². The fourth-order valence-electron chi connectivity index (χ4n) is 3.06. The second kappa shape index (κ2) is 4.28. The molecule has 84 valence electrons. The molecule has 2 fully saturated rings. The molecule has 1 heterocycles. The predicted octanol–water partition coefficient (Wildman–Crippen LogP) is -0.232. The van der Waals surface area contributed by atoms with Crippen molar-refractivity contribution in [1.29, 1.82) is 0 Å². The number of hydrogen-bond donors (Lipinski definition) is 0. The van der Waals surface area contributed by atoms with Crippen molar-refractivity contribution in [3.05, 3.63) is 0 Å². The van der Waals surface area contributed by atoms with Crippen molar-refractivity contribution in [1.82, 2.24) is 3.11 Å². The quantitative estimate of drug-likeness (QED) is 0.387. The second-order valence-corrected chi connectivity index (χ2v) is 7.82. The third-order valence-corrected chi connectivity index (χ3v) is 6.67. The Morgan fingerprint density at radius 2 is 1.79 bits per heavy atom. The molecule has 2 rings (SSSR count). The number of halogens is 1. The van der Waals surface area contributed by atoms with E-state index in [0.29, 0.717) is 21.5 Å². The summed E-state index contributed by atoms with van der Waals surface area (Å²) in [6.45, 7) is 7.61. The van der Waals surface area contributed by atoms with Gasteiger partial charge in [0.1, 0.15) is 0 Å². The van der Waals surface area contributed by atoms with Gasteiger partial charge >= 0.3 is 99.4 Å². The van der Waals surface area contributed by atoms with E-state index in [0.717, 1.165) is 17.3 Å². The van der Waals surface area contributed by atoms with Crippen molar-refractivity contribution in [3.63, 3.8) is 0 Å². The van der Waals surface area contributed by atoms with Crippen LogP contribution in [0.5, 0.6) is 0 Å². The van der Waals surface area contributed by atoms with E-state index in [2.05, 4.69) is 21.9 Å². The zero-order valence-corrected chi connectivity index (χ0v) is 11.9. The molecule has 1 saturated heterocycles. The van der Waals surface area contributed by atoms with Crippen LogP contribution in [-0.4, -0.2) is 21.1 Å². The Morgan fingerprint density at radius 1 is 1.21 bits per heavy atom. The van der Waals surface area contributed by atoms with Gasteiger partial charge in [0, 0.05) is 0 Å². The van der Waals surface area contributed by atoms with Gasteiger partial charge in [-0.05, 0) is 0 Å². The van der Waals surface area contributed by atoms with E-state index in [1.807, 2.05) is 0 Å². The summed E-state index contributed by atoms with van der Waals surface area (Å²) in [6.07, 6.45) is 6.09. The van der Waals surface area contributed by atoms with Crippen LogP contribution in [0.3, 0.4) is 0 Å². The van der Waals surface area contributed by atoms with Gasteiger partial charge < -0.3 is 0 Å². The van der Waals surface area contributed by atoms with Gasteiger partial charge in [-0.1, -0.05) is 0 Å². The molecule has 0 radical (unpaired) electrons. The third-order valence-electron chi connectivity index (χ3n) is 4.34. The summed E-state index contributed by atoms with van der Waals surface area (Å²) in [7, 11) is 0. The summed E-state index contributed by atoms with van der Waals surface area (Å²) in [5, 5.41) is 0. The van der Waals surface area contributed by atoms with Crippen LogP contribution in [0.1, 0.15) is 39.5 Å². The van der Waals surface area contributed by atoms with Crippen LogP contribution >= 0.6 is 0 Å². The zero-order valence-electron chi connectivity index (χ0n) is 9.72. The molecule has 0 aromatic carbocycles. The van der Waals surface area contributed by atoms with Gasteiger partial charge in [-0.25, -0.2) is 0 Å². The third kappa shape index (κ3) is 2.11. The minimum atomic E-state index is 0.372. The molecule has 2 aliphatic rings. The fourth-order valence-corrected chi connectivity index (χ4v) is 4.50. The molecule has 0 amide bonds. The molecule has 0 aromatic rings. The van der Waals surface area contributed by atoms with E-state index in [4.69, 9.17) is 0 Å². The molecule has 1 saturated carbocycles. The molecule has 0 unspecified atom stereocenters. The summed E-state index contributed by atoms with van der Waals surface area (Å²) in [5.74, 6) is 1.98. The van der Waals surface area contributed by atoms with Crippen molar-refractivity contribution in [2.75, 3.05) is 18.0 Å². The number of piperidine rings is 1. The van der Waals surface area contributed by atoms with Crippen molar-refractivity contribution in [3.8, 4) is 0 Å². The molecule has 0 aromatic heterocycles.